The van der Waals surface area contributed by atoms with Crippen LogP contribution >= 0.6 is 0 Å². The molecule has 4 heterocycles. The van der Waals surface area contributed by atoms with Crippen molar-refractivity contribution in [2.75, 3.05) is 27.3 Å². The van der Waals surface area contributed by atoms with Gasteiger partial charge in [-0.3, -0.25) is 9.67 Å². The van der Waals surface area contributed by atoms with Crippen molar-refractivity contribution in [3.63, 3.8) is 0 Å². The minimum absolute atomic E-state index is 0.683. The Morgan fingerprint density at radius 3 is 2.51 bits per heavy atom. The quantitative estimate of drug-likeness (QED) is 0.409. The summed E-state index contributed by atoms with van der Waals surface area (Å²) < 4.78 is 14.8. The van der Waals surface area contributed by atoms with Crippen molar-refractivity contribution < 1.29 is 9.47 Å². The first-order valence-electron chi connectivity index (χ1n) is 11.6. The number of hydrogen-bond acceptors (Lipinski definition) is 7. The Morgan fingerprint density at radius 1 is 1.06 bits per heavy atom. The summed E-state index contributed by atoms with van der Waals surface area (Å²) in [4.78, 5) is 17.0. The molecule has 9 heteroatoms. The van der Waals surface area contributed by atoms with E-state index in [1.165, 1.54) is 5.70 Å². The number of benzene rings is 1. The lowest BCUT2D eigenvalue weighted by molar-refractivity contribution is 0.371. The second kappa shape index (κ2) is 9.61. The van der Waals surface area contributed by atoms with E-state index in [1.54, 1.807) is 31.3 Å². The fourth-order valence-corrected chi connectivity index (χ4v) is 4.34. The van der Waals surface area contributed by atoms with Gasteiger partial charge in [-0.25, -0.2) is 9.98 Å². The van der Waals surface area contributed by atoms with Crippen molar-refractivity contribution in [3.8, 4) is 22.8 Å². The number of rotatable bonds is 7. The Morgan fingerprint density at radius 2 is 1.86 bits per heavy atom. The number of aromatic nitrogens is 5. The zero-order valence-corrected chi connectivity index (χ0v) is 20.3. The van der Waals surface area contributed by atoms with Crippen LogP contribution in [-0.4, -0.2) is 56.5 Å². The highest BCUT2D eigenvalue weighted by Gasteiger charge is 2.16. The highest BCUT2D eigenvalue weighted by Crippen LogP contribution is 2.27. The van der Waals surface area contributed by atoms with Crippen LogP contribution in [0.25, 0.3) is 22.4 Å². The summed E-state index contributed by atoms with van der Waals surface area (Å²) in [7, 11) is 5.15. The average Bonchev–Trinajstić information content (AvgIpc) is 3.50. The summed E-state index contributed by atoms with van der Waals surface area (Å²) in [5.41, 5.74) is 5.95. The maximum Gasteiger partial charge on any atom is 0.160 e. The first-order chi connectivity index (χ1) is 17.0. The molecule has 9 nitrogen and oxygen atoms in total. The molecule has 1 aromatic carbocycles. The Balaban J connectivity index is 1.65. The molecule has 5 rings (SSSR count). The largest absolute Gasteiger partial charge is 0.497 e. The van der Waals surface area contributed by atoms with E-state index >= 15 is 0 Å². The van der Waals surface area contributed by atoms with Crippen LogP contribution in [0, 0.1) is 0 Å². The number of hydrogen-bond donors (Lipinski definition) is 0. The van der Waals surface area contributed by atoms with Gasteiger partial charge in [0.05, 0.1) is 38.0 Å². The zero-order valence-electron chi connectivity index (χ0n) is 20.3. The van der Waals surface area contributed by atoms with Crippen molar-refractivity contribution in [1.29, 1.82) is 0 Å². The van der Waals surface area contributed by atoms with E-state index in [4.69, 9.17) is 24.4 Å². The van der Waals surface area contributed by atoms with E-state index < -0.39 is 0 Å². The van der Waals surface area contributed by atoms with E-state index in [9.17, 15) is 0 Å². The van der Waals surface area contributed by atoms with E-state index in [0.29, 0.717) is 18.0 Å². The van der Waals surface area contributed by atoms with Crippen LogP contribution in [0.2, 0.25) is 0 Å². The highest BCUT2D eigenvalue weighted by atomic mass is 16.5. The summed E-state index contributed by atoms with van der Waals surface area (Å²) in [5.74, 6) is 1.37. The summed E-state index contributed by atoms with van der Waals surface area (Å²) >= 11 is 0. The molecule has 4 aromatic rings. The molecule has 0 atom stereocenters. The molecule has 35 heavy (non-hydrogen) atoms. The van der Waals surface area contributed by atoms with Gasteiger partial charge in [-0.15, -0.1) is 0 Å². The lowest BCUT2D eigenvalue weighted by atomic mass is 10.2. The molecule has 0 saturated carbocycles. The summed E-state index contributed by atoms with van der Waals surface area (Å²) in [6.07, 6.45) is 7.71. The second-order valence-corrected chi connectivity index (χ2v) is 8.55. The van der Waals surface area contributed by atoms with Gasteiger partial charge >= 0.3 is 0 Å². The third-order valence-corrected chi connectivity index (χ3v) is 6.22. The van der Waals surface area contributed by atoms with Crippen LogP contribution in [-0.2, 0) is 13.6 Å². The molecule has 0 radical (unpaired) electrons. The number of pyridine rings is 1. The number of aryl methyl sites for hydroxylation is 1. The number of fused-ring (bicyclic) bond motifs is 1. The van der Waals surface area contributed by atoms with Crippen LogP contribution in [0.4, 0.5) is 5.69 Å². The molecular formula is C26H29N7O2. The fraction of sp³-hybridized carbons (Fsp3) is 0.308. The maximum absolute atomic E-state index is 5.44. The second-order valence-electron chi connectivity index (χ2n) is 8.55. The first kappa shape index (κ1) is 22.6. The normalized spacial score (nSPS) is 14.2. The number of ether oxygens (including phenoxy) is 2. The third kappa shape index (κ3) is 4.75. The standard InChI is InChI=1S/C26H29N7O2/c1-18-6-5-9-32(18)10-11-33-25(29-20-12-21(34-3)14-22(13-20)35-4)8-7-23-26(33)30-24(16-27-23)19-15-28-31(2)17-19/h7-8,12-17H,1,5-6,9-11H2,2-4H3. The third-order valence-electron chi connectivity index (χ3n) is 6.22. The SMILES string of the molecule is C=C1CCCN1CCn1c(=Nc2cc(OC)cc(OC)c2)ccc2ncc(-c3cnn(C)c3)nc21. The van der Waals surface area contributed by atoms with E-state index in [0.717, 1.165) is 59.5 Å². The van der Waals surface area contributed by atoms with E-state index in [2.05, 4.69) is 21.1 Å². The molecule has 0 N–H and O–H groups in total. The van der Waals surface area contributed by atoms with Gasteiger partial charge in [0.15, 0.2) is 5.65 Å². The molecule has 0 spiro atoms. The van der Waals surface area contributed by atoms with Gasteiger partial charge in [-0.2, -0.15) is 5.10 Å². The minimum atomic E-state index is 0.683. The molecule has 0 aliphatic carbocycles. The molecular weight excluding hydrogens is 442 g/mol. The van der Waals surface area contributed by atoms with Gasteiger partial charge in [0.2, 0.25) is 0 Å². The predicted octanol–water partition coefficient (Wildman–Crippen LogP) is 3.69. The highest BCUT2D eigenvalue weighted by molar-refractivity contribution is 5.73. The smallest absolute Gasteiger partial charge is 0.160 e. The van der Waals surface area contributed by atoms with Gasteiger partial charge in [0, 0.05) is 62.3 Å². The van der Waals surface area contributed by atoms with Gasteiger partial charge in [-0.1, -0.05) is 6.58 Å². The molecule has 1 aliphatic rings. The van der Waals surface area contributed by atoms with E-state index in [-0.39, 0.29) is 0 Å². The zero-order chi connectivity index (χ0) is 24.4. The Labute approximate surface area is 204 Å². The predicted molar refractivity (Wildman–Crippen MR) is 134 cm³/mol. The van der Waals surface area contributed by atoms with Crippen LogP contribution in [0.15, 0.2) is 66.2 Å². The van der Waals surface area contributed by atoms with Crippen molar-refractivity contribution in [2.24, 2.45) is 12.0 Å². The molecule has 0 bridgehead atoms. The van der Waals surface area contributed by atoms with Crippen molar-refractivity contribution >= 4 is 16.9 Å². The minimum Gasteiger partial charge on any atom is -0.497 e. The Kier molecular flexibility index (Phi) is 6.22. The van der Waals surface area contributed by atoms with Crippen molar-refractivity contribution in [2.45, 2.75) is 19.4 Å². The summed E-state index contributed by atoms with van der Waals surface area (Å²) in [5, 5.41) is 4.28. The van der Waals surface area contributed by atoms with E-state index in [1.807, 2.05) is 43.6 Å². The molecule has 3 aromatic heterocycles. The number of methoxy groups -OCH3 is 2. The molecule has 1 aliphatic heterocycles. The molecule has 1 saturated heterocycles. The summed E-state index contributed by atoms with van der Waals surface area (Å²) in [6.45, 7) is 6.77. The molecule has 1 fully saturated rings. The van der Waals surface area contributed by atoms with Crippen LogP contribution in [0.1, 0.15) is 12.8 Å². The maximum atomic E-state index is 5.44. The number of allylic oxidation sites excluding steroid dienone is 1. The number of nitrogens with zero attached hydrogens (tertiary/aromatic N) is 7. The Bertz CT molecular complexity index is 1430. The lowest BCUT2D eigenvalue weighted by Gasteiger charge is -2.21. The molecule has 180 valence electrons. The molecule has 0 unspecified atom stereocenters. The monoisotopic (exact) mass is 471 g/mol. The van der Waals surface area contributed by atoms with Crippen molar-refractivity contribution in [3.05, 3.63) is 66.7 Å². The number of likely N-dealkylation sites (tertiary alicyclic amines) is 1. The topological polar surface area (TPSA) is 82.6 Å². The van der Waals surface area contributed by atoms with Gasteiger partial charge in [0.25, 0.3) is 0 Å². The van der Waals surface area contributed by atoms with Gasteiger partial charge < -0.3 is 18.9 Å². The first-order valence-corrected chi connectivity index (χ1v) is 11.6. The van der Waals surface area contributed by atoms with Crippen molar-refractivity contribution in [1.82, 2.24) is 29.2 Å². The van der Waals surface area contributed by atoms with Crippen LogP contribution in [0.5, 0.6) is 11.5 Å². The lowest BCUT2D eigenvalue weighted by Crippen LogP contribution is -2.29. The van der Waals surface area contributed by atoms with Crippen LogP contribution in [0.3, 0.4) is 0 Å². The van der Waals surface area contributed by atoms with Gasteiger partial charge in [-0.05, 0) is 25.0 Å². The van der Waals surface area contributed by atoms with Crippen LogP contribution < -0.4 is 15.0 Å². The Hall–Kier alpha value is -4.14. The molecule has 0 amide bonds. The summed E-state index contributed by atoms with van der Waals surface area (Å²) in [6, 6.07) is 9.54. The average molecular weight is 472 g/mol. The fourth-order valence-electron chi connectivity index (χ4n) is 4.34. The van der Waals surface area contributed by atoms with Gasteiger partial charge in [0.1, 0.15) is 22.5 Å².